The predicted octanol–water partition coefficient (Wildman–Crippen LogP) is 1.87. The van der Waals surface area contributed by atoms with Gasteiger partial charge in [0.1, 0.15) is 5.82 Å². The van der Waals surface area contributed by atoms with Crippen molar-refractivity contribution in [3.05, 3.63) is 59.2 Å². The third-order valence-corrected chi connectivity index (χ3v) is 7.12. The minimum atomic E-state index is -1.35. The van der Waals surface area contributed by atoms with E-state index in [4.69, 9.17) is 4.98 Å². The molecule has 1 atom stereocenters. The van der Waals surface area contributed by atoms with Crippen molar-refractivity contribution in [1.29, 1.82) is 0 Å². The van der Waals surface area contributed by atoms with E-state index in [-0.39, 0.29) is 12.1 Å². The van der Waals surface area contributed by atoms with Gasteiger partial charge in [-0.1, -0.05) is 23.9 Å². The lowest BCUT2D eigenvalue weighted by atomic mass is 9.89. The summed E-state index contributed by atoms with van der Waals surface area (Å²) in [5.41, 5.74) is 1.13. The van der Waals surface area contributed by atoms with E-state index in [9.17, 15) is 24.2 Å². The average molecular weight is 447 g/mol. The maximum atomic E-state index is 13.5. The number of halogens is 1. The van der Waals surface area contributed by atoms with Crippen molar-refractivity contribution in [2.45, 2.75) is 23.0 Å². The van der Waals surface area contributed by atoms with E-state index >= 15 is 0 Å². The Kier molecular flexibility index (Phi) is 5.87. The fourth-order valence-electron chi connectivity index (χ4n) is 4.02. The molecule has 0 amide bonds. The average Bonchev–Trinajstić information content (AvgIpc) is 3.24. The third kappa shape index (κ3) is 4.36. The van der Waals surface area contributed by atoms with E-state index < -0.39 is 22.5 Å². The van der Waals surface area contributed by atoms with Crippen LogP contribution in [0.2, 0.25) is 0 Å². The summed E-state index contributed by atoms with van der Waals surface area (Å²) in [7, 11) is 2.10. The predicted molar refractivity (Wildman–Crippen MR) is 112 cm³/mol. The molecule has 0 aliphatic carbocycles. The number of thioether (sulfide) groups is 1. The molecule has 1 aromatic heterocycles. The van der Waals surface area contributed by atoms with Gasteiger partial charge in [-0.3, -0.25) is 4.90 Å². The number of imidazole rings is 1. The number of nitrogens with zero attached hydrogens (tertiary/aromatic N) is 4. The van der Waals surface area contributed by atoms with E-state index in [2.05, 4.69) is 16.8 Å². The van der Waals surface area contributed by atoms with Crippen LogP contribution in [0.3, 0.4) is 0 Å². The van der Waals surface area contributed by atoms with Crippen molar-refractivity contribution < 1.29 is 24.2 Å². The van der Waals surface area contributed by atoms with Crippen LogP contribution in [0.15, 0.2) is 47.3 Å². The van der Waals surface area contributed by atoms with Crippen LogP contribution in [-0.4, -0.2) is 74.7 Å². The van der Waals surface area contributed by atoms with Crippen molar-refractivity contribution in [3.63, 3.8) is 0 Å². The van der Waals surface area contributed by atoms with Crippen LogP contribution in [0.1, 0.15) is 11.3 Å². The van der Waals surface area contributed by atoms with E-state index in [1.807, 2.05) is 10.8 Å². The molecule has 10 heteroatoms. The largest absolute Gasteiger partial charge is 0.478 e. The van der Waals surface area contributed by atoms with Gasteiger partial charge in [0.25, 0.3) is 0 Å². The topological polar surface area (TPSA) is 98.9 Å². The zero-order valence-electron chi connectivity index (χ0n) is 17.0. The first kappa shape index (κ1) is 21.5. The number of carbonyl (C=O) groups is 2. The number of hydrogen-bond acceptors (Lipinski definition) is 6. The molecule has 164 valence electrons. The molecule has 2 aliphatic rings. The van der Waals surface area contributed by atoms with Crippen molar-refractivity contribution >= 4 is 23.7 Å². The summed E-state index contributed by atoms with van der Waals surface area (Å²) in [6, 6.07) is 5.49. The maximum Gasteiger partial charge on any atom is 0.333 e. The van der Waals surface area contributed by atoms with Crippen LogP contribution in [0, 0.1) is 5.82 Å². The summed E-state index contributed by atoms with van der Waals surface area (Å²) in [6.07, 6.45) is 2.61. The summed E-state index contributed by atoms with van der Waals surface area (Å²) in [6.45, 7) is 4.80. The Morgan fingerprint density at radius 2 is 1.87 bits per heavy atom. The van der Waals surface area contributed by atoms with Crippen LogP contribution < -0.4 is 0 Å². The Hall–Kier alpha value is -2.69. The molecular weight excluding hydrogens is 423 g/mol. The van der Waals surface area contributed by atoms with Gasteiger partial charge < -0.3 is 19.7 Å². The Bertz CT molecular complexity index is 1010. The molecular formula is C21H23FN4O4S. The van der Waals surface area contributed by atoms with Crippen LogP contribution in [0.4, 0.5) is 4.39 Å². The highest BCUT2D eigenvalue weighted by molar-refractivity contribution is 8.00. The minimum Gasteiger partial charge on any atom is -0.478 e. The molecule has 0 radical (unpaired) electrons. The fraction of sp³-hybridized carbons (Fsp3) is 0.381. The lowest BCUT2D eigenvalue weighted by Gasteiger charge is -2.32. The highest BCUT2D eigenvalue weighted by atomic mass is 32.2. The van der Waals surface area contributed by atoms with Crippen molar-refractivity contribution in [2.75, 3.05) is 33.2 Å². The lowest BCUT2D eigenvalue weighted by molar-refractivity contribution is -0.135. The van der Waals surface area contributed by atoms with Gasteiger partial charge in [0.2, 0.25) is 0 Å². The summed E-state index contributed by atoms with van der Waals surface area (Å²) in [4.78, 5) is 32.7. The van der Waals surface area contributed by atoms with Gasteiger partial charge in [-0.2, -0.15) is 0 Å². The van der Waals surface area contributed by atoms with Crippen LogP contribution in [0.5, 0.6) is 0 Å². The molecule has 1 unspecified atom stereocenters. The Morgan fingerprint density at radius 3 is 2.45 bits per heavy atom. The second kappa shape index (κ2) is 8.45. The molecule has 4 rings (SSSR count). The van der Waals surface area contributed by atoms with Crippen LogP contribution in [-0.2, 0) is 27.4 Å². The standard InChI is InChI=1S/C21H23FN4O4S/c1-24-6-8-25(9-7-24)11-16-12-26-13-21(31-20(26)23-16,14-2-4-15(22)5-3-14)17(19(29)30)10-18(27)28/h2-5,10,12H,6-9,11,13H2,1H3,(H,27,28)(H,29,30)/b17-10+. The van der Waals surface area contributed by atoms with Gasteiger partial charge in [-0.15, -0.1) is 0 Å². The minimum absolute atomic E-state index is 0.194. The number of fused-ring (bicyclic) bond motifs is 1. The first-order valence-corrected chi connectivity index (χ1v) is 10.7. The number of rotatable bonds is 6. The maximum absolute atomic E-state index is 13.5. The van der Waals surface area contributed by atoms with Crippen molar-refractivity contribution in [2.24, 2.45) is 0 Å². The second-order valence-corrected chi connectivity index (χ2v) is 9.13. The number of carboxylic acid groups (broad SMARTS) is 2. The first-order chi connectivity index (χ1) is 14.8. The zero-order chi connectivity index (χ0) is 22.2. The second-order valence-electron chi connectivity index (χ2n) is 7.86. The number of hydrogen-bond donors (Lipinski definition) is 2. The normalized spacial score (nSPS) is 22.5. The molecule has 0 spiro atoms. The molecule has 31 heavy (non-hydrogen) atoms. The molecule has 1 fully saturated rings. The van der Waals surface area contributed by atoms with Gasteiger partial charge in [-0.05, 0) is 24.7 Å². The van der Waals surface area contributed by atoms with Crippen molar-refractivity contribution in [3.8, 4) is 0 Å². The molecule has 0 saturated carbocycles. The fourth-order valence-corrected chi connectivity index (χ4v) is 5.45. The van der Waals surface area contributed by atoms with Crippen LogP contribution >= 0.6 is 11.8 Å². The number of carboxylic acids is 2. The first-order valence-electron chi connectivity index (χ1n) is 9.87. The zero-order valence-corrected chi connectivity index (χ0v) is 17.8. The highest BCUT2D eigenvalue weighted by Gasteiger charge is 2.47. The Labute approximate surface area is 183 Å². The van der Waals surface area contributed by atoms with E-state index in [1.54, 1.807) is 0 Å². The lowest BCUT2D eigenvalue weighted by Crippen LogP contribution is -2.43. The monoisotopic (exact) mass is 446 g/mol. The Balaban J connectivity index is 1.65. The molecule has 8 nitrogen and oxygen atoms in total. The van der Waals surface area contributed by atoms with Crippen molar-refractivity contribution in [1.82, 2.24) is 19.4 Å². The number of benzene rings is 1. The smallest absolute Gasteiger partial charge is 0.333 e. The van der Waals surface area contributed by atoms with Crippen LogP contribution in [0.25, 0.3) is 0 Å². The van der Waals surface area contributed by atoms with Gasteiger partial charge in [-0.25, -0.2) is 19.0 Å². The van der Waals surface area contributed by atoms with E-state index in [0.717, 1.165) is 37.9 Å². The molecule has 1 aromatic carbocycles. The molecule has 1 saturated heterocycles. The SMILES string of the molecule is CN1CCN(Cc2cn3c(n2)SC(/C(=C/C(=O)O)C(=O)O)(c2ccc(F)cc2)C3)CC1. The summed E-state index contributed by atoms with van der Waals surface area (Å²) >= 11 is 1.19. The van der Waals surface area contributed by atoms with Gasteiger partial charge in [0, 0.05) is 51.5 Å². The number of piperazine rings is 1. The van der Waals surface area contributed by atoms with Gasteiger partial charge >= 0.3 is 11.9 Å². The quantitative estimate of drug-likeness (QED) is 0.649. The number of aromatic nitrogens is 2. The summed E-state index contributed by atoms with van der Waals surface area (Å²) in [5, 5.41) is 19.7. The third-order valence-electron chi connectivity index (χ3n) is 5.67. The van der Waals surface area contributed by atoms with E-state index in [1.165, 1.54) is 36.0 Å². The molecule has 2 aliphatic heterocycles. The summed E-state index contributed by atoms with van der Waals surface area (Å²) < 4.78 is 14.2. The summed E-state index contributed by atoms with van der Waals surface area (Å²) in [5.74, 6) is -3.13. The van der Waals surface area contributed by atoms with E-state index in [0.29, 0.717) is 17.3 Å². The van der Waals surface area contributed by atoms with Gasteiger partial charge in [0.15, 0.2) is 5.16 Å². The number of aliphatic carboxylic acids is 2. The molecule has 2 aromatic rings. The number of likely N-dealkylation sites (N-methyl/N-ethyl adjacent to an activating group) is 1. The molecule has 3 heterocycles. The molecule has 0 bridgehead atoms. The Morgan fingerprint density at radius 1 is 1.19 bits per heavy atom. The van der Waals surface area contributed by atoms with Gasteiger partial charge in [0.05, 0.1) is 16.0 Å². The highest BCUT2D eigenvalue weighted by Crippen LogP contribution is 2.52. The molecule has 2 N–H and O–H groups in total.